The van der Waals surface area contributed by atoms with Gasteiger partial charge in [0, 0.05) is 19.2 Å². The number of carbonyl (C=O) groups excluding carboxylic acids is 1. The molecule has 0 unspecified atom stereocenters. The Morgan fingerprint density at radius 1 is 1.45 bits per heavy atom. The third-order valence-electron chi connectivity index (χ3n) is 2.97. The van der Waals surface area contributed by atoms with Gasteiger partial charge in [0.25, 0.3) is 5.91 Å². The molecule has 4 heteroatoms. The van der Waals surface area contributed by atoms with Gasteiger partial charge in [-0.05, 0) is 38.5 Å². The Balaban J connectivity index is 2.92. The Morgan fingerprint density at radius 2 is 2.15 bits per heavy atom. The smallest absolute Gasteiger partial charge is 0.252 e. The summed E-state index contributed by atoms with van der Waals surface area (Å²) in [5.41, 5.74) is 7.30. The molecule has 0 saturated heterocycles. The van der Waals surface area contributed by atoms with Gasteiger partial charge in [0.15, 0.2) is 0 Å². The lowest BCUT2D eigenvalue weighted by atomic mass is 10.0. The zero-order valence-electron chi connectivity index (χ0n) is 12.5. The van der Waals surface area contributed by atoms with Crippen LogP contribution in [0.3, 0.4) is 0 Å². The molecule has 3 N–H and O–H groups in total. The minimum atomic E-state index is -0.399. The van der Waals surface area contributed by atoms with Crippen molar-refractivity contribution in [3.63, 3.8) is 0 Å². The summed E-state index contributed by atoms with van der Waals surface area (Å²) in [5.74, 6) is 5.57. The minimum absolute atomic E-state index is 0.156. The Labute approximate surface area is 120 Å². The van der Waals surface area contributed by atoms with Crippen molar-refractivity contribution < 1.29 is 9.53 Å². The molecule has 0 aliphatic carbocycles. The van der Waals surface area contributed by atoms with Crippen molar-refractivity contribution >= 4 is 5.91 Å². The Hall–Kier alpha value is -1.83. The average Bonchev–Trinajstić information content (AvgIpc) is 2.42. The number of carbonyl (C=O) groups is 1. The summed E-state index contributed by atoms with van der Waals surface area (Å²) in [4.78, 5) is 12.2. The molecule has 0 heterocycles. The van der Waals surface area contributed by atoms with Gasteiger partial charge in [-0.25, -0.2) is 0 Å². The summed E-state index contributed by atoms with van der Waals surface area (Å²) in [7, 11) is 1.62. The van der Waals surface area contributed by atoms with Gasteiger partial charge in [0.2, 0.25) is 0 Å². The van der Waals surface area contributed by atoms with Crippen molar-refractivity contribution in [3.05, 3.63) is 34.9 Å². The van der Waals surface area contributed by atoms with E-state index in [-0.39, 0.29) is 12.5 Å². The molecule has 0 bridgehead atoms. The molecule has 0 spiro atoms. The third kappa shape index (κ3) is 4.69. The molecule has 4 nitrogen and oxygen atoms in total. The molecule has 0 aromatic heterocycles. The van der Waals surface area contributed by atoms with Gasteiger partial charge < -0.3 is 15.8 Å². The molecule has 1 rings (SSSR count). The summed E-state index contributed by atoms with van der Waals surface area (Å²) >= 11 is 0. The topological polar surface area (TPSA) is 64.3 Å². The SMILES string of the molecule is COC(C)(C)CNC(=O)c1ccc(C)cc1C#CCN. The number of rotatable bonds is 4. The third-order valence-corrected chi connectivity index (χ3v) is 2.97. The van der Waals surface area contributed by atoms with Gasteiger partial charge in [-0.1, -0.05) is 17.9 Å². The van der Waals surface area contributed by atoms with Gasteiger partial charge in [0.1, 0.15) is 0 Å². The number of hydrogen-bond acceptors (Lipinski definition) is 3. The highest BCUT2D eigenvalue weighted by Gasteiger charge is 2.18. The van der Waals surface area contributed by atoms with E-state index in [0.29, 0.717) is 17.7 Å². The highest BCUT2D eigenvalue weighted by atomic mass is 16.5. The van der Waals surface area contributed by atoms with Gasteiger partial charge >= 0.3 is 0 Å². The monoisotopic (exact) mass is 274 g/mol. The second kappa shape index (κ2) is 7.09. The van der Waals surface area contributed by atoms with Crippen molar-refractivity contribution in [1.29, 1.82) is 0 Å². The molecular formula is C16H22N2O2. The molecule has 0 fully saturated rings. The van der Waals surface area contributed by atoms with Crippen LogP contribution in [-0.2, 0) is 4.74 Å². The van der Waals surface area contributed by atoms with Gasteiger partial charge in [-0.15, -0.1) is 0 Å². The fourth-order valence-corrected chi connectivity index (χ4v) is 1.57. The predicted octanol–water partition coefficient (Wildman–Crippen LogP) is 1.46. The summed E-state index contributed by atoms with van der Waals surface area (Å²) in [6.07, 6.45) is 0. The summed E-state index contributed by atoms with van der Waals surface area (Å²) in [5, 5.41) is 2.86. The number of aryl methyl sites for hydroxylation is 1. The molecule has 1 aromatic carbocycles. The first-order valence-corrected chi connectivity index (χ1v) is 6.52. The molecular weight excluding hydrogens is 252 g/mol. The van der Waals surface area contributed by atoms with E-state index < -0.39 is 5.60 Å². The summed E-state index contributed by atoms with van der Waals surface area (Å²) in [6, 6.07) is 5.56. The first kappa shape index (κ1) is 16.2. The molecule has 0 atom stereocenters. The lowest BCUT2D eigenvalue weighted by molar-refractivity contribution is 0.0228. The molecule has 20 heavy (non-hydrogen) atoms. The first-order chi connectivity index (χ1) is 9.39. The van der Waals surface area contributed by atoms with Crippen LogP contribution in [0, 0.1) is 18.8 Å². The first-order valence-electron chi connectivity index (χ1n) is 6.52. The quantitative estimate of drug-likeness (QED) is 0.817. The fourth-order valence-electron chi connectivity index (χ4n) is 1.57. The van der Waals surface area contributed by atoms with Crippen LogP contribution in [0.2, 0.25) is 0 Å². The lowest BCUT2D eigenvalue weighted by Crippen LogP contribution is -2.39. The van der Waals surface area contributed by atoms with Crippen LogP contribution in [0.5, 0.6) is 0 Å². The van der Waals surface area contributed by atoms with E-state index in [0.717, 1.165) is 5.56 Å². The normalized spacial score (nSPS) is 10.7. The minimum Gasteiger partial charge on any atom is -0.377 e. The number of ether oxygens (including phenoxy) is 1. The Morgan fingerprint density at radius 3 is 2.75 bits per heavy atom. The number of nitrogens with one attached hydrogen (secondary N) is 1. The van der Waals surface area contributed by atoms with Gasteiger partial charge in [-0.3, -0.25) is 4.79 Å². The van der Waals surface area contributed by atoms with Crippen molar-refractivity contribution in [2.24, 2.45) is 5.73 Å². The van der Waals surface area contributed by atoms with Crippen molar-refractivity contribution in [2.45, 2.75) is 26.4 Å². The average molecular weight is 274 g/mol. The maximum Gasteiger partial charge on any atom is 0.252 e. The van der Waals surface area contributed by atoms with Crippen LogP contribution in [0.1, 0.15) is 35.3 Å². The number of amides is 1. The van der Waals surface area contributed by atoms with Crippen LogP contribution in [0.4, 0.5) is 0 Å². The Bertz CT molecular complexity index is 539. The zero-order chi connectivity index (χ0) is 15.2. The summed E-state index contributed by atoms with van der Waals surface area (Å²) in [6.45, 7) is 6.49. The number of benzene rings is 1. The highest BCUT2D eigenvalue weighted by molar-refractivity contribution is 5.96. The Kier molecular flexibility index (Phi) is 5.75. The highest BCUT2D eigenvalue weighted by Crippen LogP contribution is 2.12. The zero-order valence-corrected chi connectivity index (χ0v) is 12.5. The molecule has 0 radical (unpaired) electrons. The van der Waals surface area contributed by atoms with E-state index >= 15 is 0 Å². The molecule has 0 aliphatic rings. The maximum atomic E-state index is 12.2. The van der Waals surface area contributed by atoms with Crippen LogP contribution < -0.4 is 11.1 Å². The number of methoxy groups -OCH3 is 1. The second-order valence-corrected chi connectivity index (χ2v) is 5.20. The number of nitrogens with two attached hydrogens (primary N) is 1. The van der Waals surface area contributed by atoms with Crippen LogP contribution >= 0.6 is 0 Å². The van der Waals surface area contributed by atoms with Gasteiger partial charge in [-0.2, -0.15) is 0 Å². The van der Waals surface area contributed by atoms with E-state index in [4.69, 9.17) is 10.5 Å². The molecule has 108 valence electrons. The van der Waals surface area contributed by atoms with E-state index in [9.17, 15) is 4.79 Å². The lowest BCUT2D eigenvalue weighted by Gasteiger charge is -2.23. The molecule has 1 amide bonds. The summed E-state index contributed by atoms with van der Waals surface area (Å²) < 4.78 is 5.28. The predicted molar refractivity (Wildman–Crippen MR) is 80.5 cm³/mol. The molecule has 1 aromatic rings. The van der Waals surface area contributed by atoms with E-state index in [1.165, 1.54) is 0 Å². The van der Waals surface area contributed by atoms with E-state index in [1.807, 2.05) is 32.9 Å². The van der Waals surface area contributed by atoms with Crippen LogP contribution in [-0.4, -0.2) is 31.7 Å². The number of hydrogen-bond donors (Lipinski definition) is 2. The molecule has 0 aliphatic heterocycles. The van der Waals surface area contributed by atoms with Crippen molar-refractivity contribution in [3.8, 4) is 11.8 Å². The fraction of sp³-hybridized carbons (Fsp3) is 0.438. The van der Waals surface area contributed by atoms with Gasteiger partial charge in [0.05, 0.1) is 17.7 Å². The van der Waals surface area contributed by atoms with Crippen LogP contribution in [0.25, 0.3) is 0 Å². The molecule has 0 saturated carbocycles. The maximum absolute atomic E-state index is 12.2. The van der Waals surface area contributed by atoms with Crippen molar-refractivity contribution in [2.75, 3.05) is 20.2 Å². The van der Waals surface area contributed by atoms with Crippen LogP contribution in [0.15, 0.2) is 18.2 Å². The largest absolute Gasteiger partial charge is 0.377 e. The van der Waals surface area contributed by atoms with E-state index in [2.05, 4.69) is 17.2 Å². The standard InChI is InChI=1S/C16H22N2O2/c1-12-7-8-14(13(10-12)6-5-9-17)15(19)18-11-16(2,3)20-4/h7-8,10H,9,11,17H2,1-4H3,(H,18,19). The van der Waals surface area contributed by atoms with Crippen molar-refractivity contribution in [1.82, 2.24) is 5.32 Å². The van der Waals surface area contributed by atoms with E-state index in [1.54, 1.807) is 13.2 Å². The second-order valence-electron chi connectivity index (χ2n) is 5.20.